The molecule has 1 aliphatic rings. The van der Waals surface area contributed by atoms with Gasteiger partial charge in [-0.2, -0.15) is 0 Å². The van der Waals surface area contributed by atoms with Gasteiger partial charge in [-0.3, -0.25) is 0 Å². The second-order valence-corrected chi connectivity index (χ2v) is 4.74. The van der Waals surface area contributed by atoms with Crippen molar-refractivity contribution in [1.82, 2.24) is 5.32 Å². The topological polar surface area (TPSA) is 12.0 Å². The molecule has 15 heavy (non-hydrogen) atoms. The zero-order valence-electron chi connectivity index (χ0n) is 9.17. The predicted octanol–water partition coefficient (Wildman–Crippen LogP) is 3.44. The summed E-state index contributed by atoms with van der Waals surface area (Å²) in [4.78, 5) is 0. The second-order valence-electron chi connectivity index (χ2n) is 4.30. The molecule has 1 N–H and O–H groups in total. The summed E-state index contributed by atoms with van der Waals surface area (Å²) >= 11 is 5.90. The Morgan fingerprint density at radius 1 is 1.33 bits per heavy atom. The van der Waals surface area contributed by atoms with Crippen LogP contribution in [-0.2, 0) is 0 Å². The number of benzene rings is 1. The van der Waals surface area contributed by atoms with E-state index in [0.717, 1.165) is 24.0 Å². The van der Waals surface area contributed by atoms with E-state index in [1.165, 1.54) is 18.4 Å². The lowest BCUT2D eigenvalue weighted by molar-refractivity contribution is 0.546. The fraction of sp³-hybridized carbons (Fsp3) is 0.538. The van der Waals surface area contributed by atoms with Crippen LogP contribution in [0.3, 0.4) is 0 Å². The first-order chi connectivity index (χ1) is 7.31. The molecule has 1 aliphatic carbocycles. The average molecular weight is 224 g/mol. The van der Waals surface area contributed by atoms with Gasteiger partial charge in [0.1, 0.15) is 0 Å². The number of rotatable bonds is 5. The quantitative estimate of drug-likeness (QED) is 0.807. The first kappa shape index (κ1) is 11.0. The number of likely N-dealkylation sites (N-methyl/N-ethyl adjacent to an activating group) is 1. The maximum absolute atomic E-state index is 5.90. The molecular weight excluding hydrogens is 206 g/mol. The third-order valence-corrected chi connectivity index (χ3v) is 3.36. The smallest absolute Gasteiger partial charge is 0.0406 e. The first-order valence-corrected chi connectivity index (χ1v) is 6.15. The van der Waals surface area contributed by atoms with Crippen LogP contribution in [0.1, 0.15) is 31.2 Å². The van der Waals surface area contributed by atoms with E-state index < -0.39 is 0 Å². The summed E-state index contributed by atoms with van der Waals surface area (Å²) in [5, 5.41) is 4.28. The third kappa shape index (κ3) is 2.96. The molecule has 0 aliphatic heterocycles. The zero-order chi connectivity index (χ0) is 10.7. The van der Waals surface area contributed by atoms with Crippen LogP contribution in [0, 0.1) is 5.92 Å². The van der Waals surface area contributed by atoms with Gasteiger partial charge in [0.05, 0.1) is 0 Å². The molecule has 0 aromatic heterocycles. The Balaban J connectivity index is 2.06. The van der Waals surface area contributed by atoms with Crippen molar-refractivity contribution < 1.29 is 0 Å². The molecule has 1 atom stereocenters. The molecule has 0 bridgehead atoms. The van der Waals surface area contributed by atoms with Crippen LogP contribution >= 0.6 is 11.6 Å². The maximum atomic E-state index is 5.90. The Labute approximate surface area is 96.8 Å². The molecule has 0 radical (unpaired) electrons. The lowest BCUT2D eigenvalue weighted by Crippen LogP contribution is -2.22. The van der Waals surface area contributed by atoms with E-state index in [1.54, 1.807) is 0 Å². The fourth-order valence-corrected chi connectivity index (χ4v) is 2.19. The van der Waals surface area contributed by atoms with Crippen molar-refractivity contribution in [1.29, 1.82) is 0 Å². The van der Waals surface area contributed by atoms with Crippen LogP contribution in [0.4, 0.5) is 0 Å². The number of halogens is 1. The maximum Gasteiger partial charge on any atom is 0.0406 e. The number of hydrogen-bond acceptors (Lipinski definition) is 1. The van der Waals surface area contributed by atoms with Gasteiger partial charge in [-0.25, -0.2) is 0 Å². The summed E-state index contributed by atoms with van der Waals surface area (Å²) in [5.41, 5.74) is 1.43. The largest absolute Gasteiger partial charge is 0.316 e. The Kier molecular flexibility index (Phi) is 3.66. The van der Waals surface area contributed by atoms with Crippen molar-refractivity contribution >= 4 is 11.6 Å². The molecule has 1 aromatic rings. The van der Waals surface area contributed by atoms with Crippen molar-refractivity contribution in [2.45, 2.75) is 25.7 Å². The van der Waals surface area contributed by atoms with Gasteiger partial charge < -0.3 is 5.32 Å². The number of hydrogen-bond donors (Lipinski definition) is 1. The molecule has 2 rings (SSSR count). The molecule has 1 fully saturated rings. The van der Waals surface area contributed by atoms with Crippen molar-refractivity contribution in [3.8, 4) is 0 Å². The molecule has 0 spiro atoms. The molecule has 1 nitrogen and oxygen atoms in total. The van der Waals surface area contributed by atoms with Crippen molar-refractivity contribution in [2.75, 3.05) is 13.1 Å². The highest BCUT2D eigenvalue weighted by Gasteiger charge is 2.31. The van der Waals surface area contributed by atoms with Gasteiger partial charge in [0.15, 0.2) is 0 Å². The van der Waals surface area contributed by atoms with E-state index in [-0.39, 0.29) is 0 Å². The van der Waals surface area contributed by atoms with Crippen LogP contribution in [0.15, 0.2) is 24.3 Å². The minimum atomic E-state index is 0.683. The van der Waals surface area contributed by atoms with Crippen molar-refractivity contribution in [2.24, 2.45) is 5.92 Å². The Morgan fingerprint density at radius 2 is 2.00 bits per heavy atom. The van der Waals surface area contributed by atoms with E-state index in [2.05, 4.69) is 24.4 Å². The SMILES string of the molecule is CCNCC(c1ccc(Cl)cc1)C1CC1. The molecule has 1 saturated carbocycles. The monoisotopic (exact) mass is 223 g/mol. The second kappa shape index (κ2) is 5.00. The standard InChI is InChI=1S/C13H18ClN/c1-2-15-9-13(10-3-4-10)11-5-7-12(14)8-6-11/h5-8,10,13,15H,2-4,9H2,1H3. The average Bonchev–Trinajstić information content (AvgIpc) is 3.05. The minimum Gasteiger partial charge on any atom is -0.316 e. The van der Waals surface area contributed by atoms with Gasteiger partial charge in [0.2, 0.25) is 0 Å². The summed E-state index contributed by atoms with van der Waals surface area (Å²) in [7, 11) is 0. The molecule has 0 heterocycles. The predicted molar refractivity (Wildman–Crippen MR) is 65.5 cm³/mol. The van der Waals surface area contributed by atoms with Gasteiger partial charge in [-0.15, -0.1) is 0 Å². The van der Waals surface area contributed by atoms with Gasteiger partial charge in [0.25, 0.3) is 0 Å². The summed E-state index contributed by atoms with van der Waals surface area (Å²) in [6.45, 7) is 4.31. The molecular formula is C13H18ClN. The molecule has 82 valence electrons. The van der Waals surface area contributed by atoms with Gasteiger partial charge in [-0.05, 0) is 48.9 Å². The van der Waals surface area contributed by atoms with Crippen LogP contribution in [-0.4, -0.2) is 13.1 Å². The lowest BCUT2D eigenvalue weighted by Gasteiger charge is -2.17. The van der Waals surface area contributed by atoms with Crippen LogP contribution < -0.4 is 5.32 Å². The van der Waals surface area contributed by atoms with E-state index in [4.69, 9.17) is 11.6 Å². The highest BCUT2D eigenvalue weighted by molar-refractivity contribution is 6.30. The van der Waals surface area contributed by atoms with Crippen LogP contribution in [0.2, 0.25) is 5.02 Å². The molecule has 2 heteroatoms. The van der Waals surface area contributed by atoms with Crippen molar-refractivity contribution in [3.63, 3.8) is 0 Å². The summed E-state index contributed by atoms with van der Waals surface area (Å²) < 4.78 is 0. The van der Waals surface area contributed by atoms with E-state index in [9.17, 15) is 0 Å². The van der Waals surface area contributed by atoms with Crippen LogP contribution in [0.25, 0.3) is 0 Å². The van der Waals surface area contributed by atoms with Crippen molar-refractivity contribution in [3.05, 3.63) is 34.9 Å². The highest BCUT2D eigenvalue weighted by Crippen LogP contribution is 2.42. The number of nitrogens with one attached hydrogen (secondary N) is 1. The summed E-state index contributed by atoms with van der Waals surface area (Å²) in [6.07, 6.45) is 2.78. The van der Waals surface area contributed by atoms with Gasteiger partial charge in [-0.1, -0.05) is 30.7 Å². The molecule has 1 aromatic carbocycles. The Morgan fingerprint density at radius 3 is 2.53 bits per heavy atom. The van der Waals surface area contributed by atoms with E-state index in [0.29, 0.717) is 5.92 Å². The Hall–Kier alpha value is -0.530. The van der Waals surface area contributed by atoms with Crippen LogP contribution in [0.5, 0.6) is 0 Å². The normalized spacial score (nSPS) is 17.7. The van der Waals surface area contributed by atoms with Gasteiger partial charge >= 0.3 is 0 Å². The lowest BCUT2D eigenvalue weighted by atomic mass is 9.94. The third-order valence-electron chi connectivity index (χ3n) is 3.10. The molecule has 1 unspecified atom stereocenters. The summed E-state index contributed by atoms with van der Waals surface area (Å²) in [5.74, 6) is 1.58. The van der Waals surface area contributed by atoms with E-state index in [1.807, 2.05) is 12.1 Å². The van der Waals surface area contributed by atoms with Gasteiger partial charge in [0, 0.05) is 11.6 Å². The molecule has 0 saturated heterocycles. The Bertz CT molecular complexity index is 303. The minimum absolute atomic E-state index is 0.683. The highest BCUT2D eigenvalue weighted by atomic mass is 35.5. The molecule has 0 amide bonds. The van der Waals surface area contributed by atoms with E-state index >= 15 is 0 Å². The fourth-order valence-electron chi connectivity index (χ4n) is 2.07. The summed E-state index contributed by atoms with van der Waals surface area (Å²) in [6, 6.07) is 8.34. The first-order valence-electron chi connectivity index (χ1n) is 5.77. The zero-order valence-corrected chi connectivity index (χ0v) is 9.93.